The number of esters is 1. The van der Waals surface area contributed by atoms with Gasteiger partial charge in [-0.3, -0.25) is 0 Å². The van der Waals surface area contributed by atoms with Crippen LogP contribution in [0.5, 0.6) is 0 Å². The van der Waals surface area contributed by atoms with E-state index in [9.17, 15) is 4.79 Å². The van der Waals surface area contributed by atoms with Crippen molar-refractivity contribution in [1.29, 1.82) is 0 Å². The monoisotopic (exact) mass is 169 g/mol. The van der Waals surface area contributed by atoms with Gasteiger partial charge in [-0.2, -0.15) is 0 Å². The van der Waals surface area contributed by atoms with Gasteiger partial charge in [-0.15, -0.1) is 0 Å². The fourth-order valence-electron chi connectivity index (χ4n) is 1.32. The summed E-state index contributed by atoms with van der Waals surface area (Å²) in [4.78, 5) is 13.2. The van der Waals surface area contributed by atoms with E-state index in [4.69, 9.17) is 4.74 Å². The van der Waals surface area contributed by atoms with Crippen molar-refractivity contribution < 1.29 is 9.53 Å². The van der Waals surface area contributed by atoms with E-state index >= 15 is 0 Å². The maximum atomic E-state index is 11.3. The zero-order valence-corrected chi connectivity index (χ0v) is 7.62. The van der Waals surface area contributed by atoms with Gasteiger partial charge < -0.3 is 9.64 Å². The summed E-state index contributed by atoms with van der Waals surface area (Å²) >= 11 is 0. The number of carbonyl (C=O) groups excluding carboxylic acids is 1. The molecule has 1 aliphatic rings. The van der Waals surface area contributed by atoms with Crippen molar-refractivity contribution in [3.8, 4) is 0 Å². The first kappa shape index (κ1) is 9.10. The van der Waals surface area contributed by atoms with Gasteiger partial charge in [0.15, 0.2) is 0 Å². The summed E-state index contributed by atoms with van der Waals surface area (Å²) in [5, 5.41) is 0. The average molecular weight is 169 g/mol. The minimum Gasteiger partial charge on any atom is -0.464 e. The molecule has 0 saturated carbocycles. The smallest absolute Gasteiger partial charge is 0.328 e. The molecule has 12 heavy (non-hydrogen) atoms. The third-order valence-electron chi connectivity index (χ3n) is 2.00. The van der Waals surface area contributed by atoms with Crippen LogP contribution < -0.4 is 0 Å². The lowest BCUT2D eigenvalue weighted by Gasteiger charge is -2.27. The van der Waals surface area contributed by atoms with Gasteiger partial charge in [0.25, 0.3) is 0 Å². The minimum absolute atomic E-state index is 0.0741. The Morgan fingerprint density at radius 2 is 2.50 bits per heavy atom. The average Bonchev–Trinajstić information content (AvgIpc) is 2.05. The first-order valence-corrected chi connectivity index (χ1v) is 4.31. The standard InChI is InChI=1S/C9H15NO2/c1-3-12-9(11)8-6-4-5-7-10(8)2/h5,7-8H,3-4,6H2,1-2H3/t8-/m0/s1. The van der Waals surface area contributed by atoms with Gasteiger partial charge in [-0.05, 0) is 26.0 Å². The number of rotatable bonds is 2. The lowest BCUT2D eigenvalue weighted by molar-refractivity contribution is -0.148. The van der Waals surface area contributed by atoms with Crippen LogP contribution in [0.15, 0.2) is 12.3 Å². The number of hydrogen-bond acceptors (Lipinski definition) is 3. The Morgan fingerprint density at radius 1 is 1.75 bits per heavy atom. The van der Waals surface area contributed by atoms with Gasteiger partial charge in [-0.25, -0.2) is 4.79 Å². The topological polar surface area (TPSA) is 29.5 Å². The number of hydrogen-bond donors (Lipinski definition) is 0. The Hall–Kier alpha value is -0.990. The molecule has 3 heteroatoms. The Morgan fingerprint density at radius 3 is 3.08 bits per heavy atom. The summed E-state index contributed by atoms with van der Waals surface area (Å²) in [6, 6.07) is -0.0741. The van der Waals surface area contributed by atoms with Crippen molar-refractivity contribution in [2.45, 2.75) is 25.8 Å². The van der Waals surface area contributed by atoms with E-state index < -0.39 is 0 Å². The molecule has 1 rings (SSSR count). The molecule has 0 bridgehead atoms. The van der Waals surface area contributed by atoms with E-state index in [1.165, 1.54) is 0 Å². The molecular formula is C9H15NO2. The summed E-state index contributed by atoms with van der Waals surface area (Å²) < 4.78 is 4.94. The van der Waals surface area contributed by atoms with Gasteiger partial charge in [0.1, 0.15) is 6.04 Å². The van der Waals surface area contributed by atoms with E-state index in [-0.39, 0.29) is 12.0 Å². The lowest BCUT2D eigenvalue weighted by Crippen LogP contribution is -2.37. The molecule has 0 spiro atoms. The fraction of sp³-hybridized carbons (Fsp3) is 0.667. The van der Waals surface area contributed by atoms with Crippen LogP contribution in [0.1, 0.15) is 19.8 Å². The molecule has 68 valence electrons. The Kier molecular flexibility index (Phi) is 3.14. The van der Waals surface area contributed by atoms with Crippen LogP contribution in [0.2, 0.25) is 0 Å². The molecule has 0 unspecified atom stereocenters. The third-order valence-corrected chi connectivity index (χ3v) is 2.00. The first-order chi connectivity index (χ1) is 5.75. The second kappa shape index (κ2) is 4.14. The second-order valence-corrected chi connectivity index (χ2v) is 2.90. The summed E-state index contributed by atoms with van der Waals surface area (Å²) in [6.07, 6.45) is 5.83. The predicted molar refractivity (Wildman–Crippen MR) is 46.6 cm³/mol. The fourth-order valence-corrected chi connectivity index (χ4v) is 1.32. The first-order valence-electron chi connectivity index (χ1n) is 4.31. The van der Waals surface area contributed by atoms with Crippen LogP contribution in [0.4, 0.5) is 0 Å². The van der Waals surface area contributed by atoms with Crippen molar-refractivity contribution in [3.05, 3.63) is 12.3 Å². The predicted octanol–water partition coefficient (Wildman–Crippen LogP) is 1.16. The Balaban J connectivity index is 2.50. The summed E-state index contributed by atoms with van der Waals surface area (Å²) in [6.45, 7) is 2.30. The van der Waals surface area contributed by atoms with Gasteiger partial charge in [-0.1, -0.05) is 6.08 Å². The quantitative estimate of drug-likeness (QED) is 0.581. The lowest BCUT2D eigenvalue weighted by atomic mass is 10.1. The summed E-state index contributed by atoms with van der Waals surface area (Å²) in [5.41, 5.74) is 0. The highest BCUT2D eigenvalue weighted by atomic mass is 16.5. The molecule has 0 aromatic rings. The van der Waals surface area contributed by atoms with Crippen LogP contribution in [-0.4, -0.2) is 30.6 Å². The molecule has 0 aromatic carbocycles. The van der Waals surface area contributed by atoms with Crippen LogP contribution in [0.3, 0.4) is 0 Å². The zero-order chi connectivity index (χ0) is 8.97. The van der Waals surface area contributed by atoms with E-state index in [1.807, 2.05) is 25.1 Å². The SMILES string of the molecule is CCOC(=O)[C@@H]1CCC=CN1C. The van der Waals surface area contributed by atoms with Crippen molar-refractivity contribution in [2.24, 2.45) is 0 Å². The summed E-state index contributed by atoms with van der Waals surface area (Å²) in [5.74, 6) is -0.107. The van der Waals surface area contributed by atoms with Crippen LogP contribution in [0.25, 0.3) is 0 Å². The molecule has 0 fully saturated rings. The zero-order valence-electron chi connectivity index (χ0n) is 7.62. The van der Waals surface area contributed by atoms with E-state index in [2.05, 4.69) is 6.08 Å². The number of nitrogens with zero attached hydrogens (tertiary/aromatic N) is 1. The highest BCUT2D eigenvalue weighted by Gasteiger charge is 2.23. The van der Waals surface area contributed by atoms with E-state index in [0.717, 1.165) is 12.8 Å². The highest BCUT2D eigenvalue weighted by Crippen LogP contribution is 2.13. The van der Waals surface area contributed by atoms with Gasteiger partial charge in [0, 0.05) is 7.05 Å². The molecule has 1 heterocycles. The highest BCUT2D eigenvalue weighted by molar-refractivity contribution is 5.76. The molecule has 0 saturated heterocycles. The molecule has 0 N–H and O–H groups in total. The summed E-state index contributed by atoms with van der Waals surface area (Å²) in [7, 11) is 1.90. The van der Waals surface area contributed by atoms with Crippen molar-refractivity contribution in [1.82, 2.24) is 4.90 Å². The molecule has 0 amide bonds. The van der Waals surface area contributed by atoms with Gasteiger partial charge in [0.05, 0.1) is 6.61 Å². The number of likely N-dealkylation sites (N-methyl/N-ethyl adjacent to an activating group) is 1. The minimum atomic E-state index is -0.107. The number of allylic oxidation sites excluding steroid dienone is 1. The molecular weight excluding hydrogens is 154 g/mol. The van der Waals surface area contributed by atoms with Gasteiger partial charge >= 0.3 is 5.97 Å². The molecule has 1 atom stereocenters. The normalized spacial score (nSPS) is 22.5. The van der Waals surface area contributed by atoms with E-state index in [0.29, 0.717) is 6.61 Å². The molecule has 3 nitrogen and oxygen atoms in total. The van der Waals surface area contributed by atoms with Crippen LogP contribution in [-0.2, 0) is 9.53 Å². The maximum Gasteiger partial charge on any atom is 0.328 e. The molecule has 0 aromatic heterocycles. The van der Waals surface area contributed by atoms with Crippen LogP contribution in [0, 0.1) is 0 Å². The van der Waals surface area contributed by atoms with Crippen molar-refractivity contribution >= 4 is 5.97 Å². The molecule has 0 aliphatic carbocycles. The van der Waals surface area contributed by atoms with Crippen LogP contribution >= 0.6 is 0 Å². The van der Waals surface area contributed by atoms with Gasteiger partial charge in [0.2, 0.25) is 0 Å². The third kappa shape index (κ3) is 2.00. The number of ether oxygens (including phenoxy) is 1. The van der Waals surface area contributed by atoms with Crippen molar-refractivity contribution in [3.63, 3.8) is 0 Å². The molecule has 1 aliphatic heterocycles. The molecule has 0 radical (unpaired) electrons. The van der Waals surface area contributed by atoms with Crippen molar-refractivity contribution in [2.75, 3.05) is 13.7 Å². The Labute approximate surface area is 73.0 Å². The maximum absolute atomic E-state index is 11.3. The second-order valence-electron chi connectivity index (χ2n) is 2.90. The largest absolute Gasteiger partial charge is 0.464 e. The Bertz CT molecular complexity index is 189. The number of carbonyl (C=O) groups is 1. The van der Waals surface area contributed by atoms with E-state index in [1.54, 1.807) is 0 Å².